The average Bonchev–Trinajstić information content (AvgIpc) is 2.97. The predicted octanol–water partition coefficient (Wildman–Crippen LogP) is 5.04. The van der Waals surface area contributed by atoms with Crippen LogP contribution < -0.4 is 10.4 Å². The highest BCUT2D eigenvalue weighted by molar-refractivity contribution is 5.42. The monoisotopic (exact) mass is 447 g/mol. The molecular weight excluding hydrogens is 423 g/mol. The Balaban J connectivity index is 1.66. The van der Waals surface area contributed by atoms with Crippen LogP contribution in [0, 0.1) is 6.92 Å². The number of halogens is 3. The molecule has 0 spiro atoms. The van der Waals surface area contributed by atoms with Crippen molar-refractivity contribution in [3.05, 3.63) is 70.0 Å². The molecule has 0 bridgehead atoms. The summed E-state index contributed by atoms with van der Waals surface area (Å²) in [5, 5.41) is 10.6. The first-order valence-electron chi connectivity index (χ1n) is 10.5. The molecule has 1 N–H and O–H groups in total. The van der Waals surface area contributed by atoms with Gasteiger partial charge < -0.3 is 9.84 Å². The van der Waals surface area contributed by atoms with Crippen molar-refractivity contribution >= 4 is 0 Å². The van der Waals surface area contributed by atoms with Crippen molar-refractivity contribution in [1.82, 2.24) is 14.1 Å². The van der Waals surface area contributed by atoms with Crippen molar-refractivity contribution in [2.24, 2.45) is 0 Å². The van der Waals surface area contributed by atoms with Crippen LogP contribution in [0.4, 0.5) is 13.2 Å². The van der Waals surface area contributed by atoms with E-state index in [9.17, 15) is 23.1 Å². The molecular formula is C23H24F3N3O3. The van der Waals surface area contributed by atoms with Crippen LogP contribution in [0.3, 0.4) is 0 Å². The van der Waals surface area contributed by atoms with Gasteiger partial charge in [-0.15, -0.1) is 13.2 Å². The average molecular weight is 447 g/mol. The Hall–Kier alpha value is -3.23. The smallest absolute Gasteiger partial charge is 0.493 e. The van der Waals surface area contributed by atoms with Crippen LogP contribution >= 0.6 is 0 Å². The SMILES string of the molecule is Cc1c(O)n(-c2ccc(OC(F)(F)F)cc2)c(=O)n1Cc1ccncc1C1CCCCC1. The second-order valence-electron chi connectivity index (χ2n) is 8.06. The summed E-state index contributed by atoms with van der Waals surface area (Å²) < 4.78 is 43.6. The molecule has 1 aliphatic carbocycles. The number of ether oxygens (including phenoxy) is 1. The Bertz CT molecular complexity index is 1140. The number of nitrogens with zero attached hydrogens (tertiary/aromatic N) is 3. The first-order chi connectivity index (χ1) is 15.2. The largest absolute Gasteiger partial charge is 0.573 e. The van der Waals surface area contributed by atoms with E-state index in [2.05, 4.69) is 9.72 Å². The molecule has 32 heavy (non-hydrogen) atoms. The second-order valence-corrected chi connectivity index (χ2v) is 8.06. The molecule has 9 heteroatoms. The number of alkyl halides is 3. The van der Waals surface area contributed by atoms with E-state index in [1.807, 2.05) is 12.3 Å². The van der Waals surface area contributed by atoms with Gasteiger partial charge in [-0.05, 0) is 67.1 Å². The fourth-order valence-electron chi connectivity index (χ4n) is 4.38. The fourth-order valence-corrected chi connectivity index (χ4v) is 4.38. The normalized spacial score (nSPS) is 15.1. The number of hydrogen-bond donors (Lipinski definition) is 1. The molecule has 3 aromatic rings. The van der Waals surface area contributed by atoms with Gasteiger partial charge >= 0.3 is 12.1 Å². The topological polar surface area (TPSA) is 69.3 Å². The van der Waals surface area contributed by atoms with Gasteiger partial charge in [0.05, 0.1) is 17.9 Å². The third kappa shape index (κ3) is 4.51. The molecule has 0 saturated heterocycles. The molecule has 1 fully saturated rings. The fraction of sp³-hybridized carbons (Fsp3) is 0.391. The summed E-state index contributed by atoms with van der Waals surface area (Å²) in [6.07, 6.45) is 4.50. The van der Waals surface area contributed by atoms with Crippen molar-refractivity contribution in [1.29, 1.82) is 0 Å². The third-order valence-corrected chi connectivity index (χ3v) is 6.01. The standard InChI is InChI=1S/C23H24F3N3O3/c1-15-21(30)29(18-7-9-19(10-8-18)32-23(24,25)26)22(31)28(15)14-17-11-12-27-13-20(17)16-5-3-2-4-6-16/h7-13,16,30H,2-6,14H2,1H3. The number of aromatic hydroxyl groups is 1. The van der Waals surface area contributed by atoms with Crippen molar-refractivity contribution < 1.29 is 23.0 Å². The summed E-state index contributed by atoms with van der Waals surface area (Å²) >= 11 is 0. The zero-order valence-corrected chi connectivity index (χ0v) is 17.6. The highest BCUT2D eigenvalue weighted by Gasteiger charge is 2.31. The number of rotatable bonds is 5. The molecule has 1 saturated carbocycles. The van der Waals surface area contributed by atoms with E-state index in [0.29, 0.717) is 11.6 Å². The minimum atomic E-state index is -4.80. The Morgan fingerprint density at radius 3 is 2.47 bits per heavy atom. The van der Waals surface area contributed by atoms with Gasteiger partial charge in [0.15, 0.2) is 0 Å². The number of hydrogen-bond acceptors (Lipinski definition) is 4. The maximum absolute atomic E-state index is 13.2. The Kier molecular flexibility index (Phi) is 5.99. The van der Waals surface area contributed by atoms with E-state index in [0.717, 1.165) is 40.7 Å². The minimum absolute atomic E-state index is 0.242. The molecule has 6 nitrogen and oxygen atoms in total. The zero-order chi connectivity index (χ0) is 22.9. The molecule has 0 atom stereocenters. The molecule has 4 rings (SSSR count). The lowest BCUT2D eigenvalue weighted by Gasteiger charge is -2.24. The summed E-state index contributed by atoms with van der Waals surface area (Å²) in [6.45, 7) is 1.91. The Morgan fingerprint density at radius 1 is 1.12 bits per heavy atom. The van der Waals surface area contributed by atoms with Gasteiger partial charge in [-0.3, -0.25) is 9.55 Å². The Labute approximate surface area is 182 Å². The first kappa shape index (κ1) is 22.0. The van der Waals surface area contributed by atoms with Crippen molar-refractivity contribution in [2.75, 3.05) is 0 Å². The van der Waals surface area contributed by atoms with Crippen LogP contribution in [0.2, 0.25) is 0 Å². The van der Waals surface area contributed by atoms with Crippen LogP contribution in [0.25, 0.3) is 5.69 Å². The summed E-state index contributed by atoms with van der Waals surface area (Å²) in [6, 6.07) is 6.70. The summed E-state index contributed by atoms with van der Waals surface area (Å²) in [7, 11) is 0. The van der Waals surface area contributed by atoms with E-state index >= 15 is 0 Å². The van der Waals surface area contributed by atoms with Crippen molar-refractivity contribution in [3.8, 4) is 17.3 Å². The van der Waals surface area contributed by atoms with Crippen LogP contribution in [0.5, 0.6) is 11.6 Å². The molecule has 1 aliphatic rings. The van der Waals surface area contributed by atoms with Gasteiger partial charge in [0.2, 0.25) is 5.88 Å². The maximum atomic E-state index is 13.2. The first-order valence-corrected chi connectivity index (χ1v) is 10.5. The zero-order valence-electron chi connectivity index (χ0n) is 17.6. The van der Waals surface area contributed by atoms with Crippen LogP contribution in [0.1, 0.15) is 54.8 Å². The molecule has 170 valence electrons. The van der Waals surface area contributed by atoms with Crippen LogP contribution in [-0.4, -0.2) is 25.6 Å². The van der Waals surface area contributed by atoms with Crippen LogP contribution in [-0.2, 0) is 6.54 Å². The Morgan fingerprint density at radius 2 is 1.81 bits per heavy atom. The number of aromatic nitrogens is 3. The lowest BCUT2D eigenvalue weighted by Crippen LogP contribution is -2.25. The number of imidazole rings is 1. The van der Waals surface area contributed by atoms with E-state index in [-0.39, 0.29) is 18.1 Å². The molecule has 0 amide bonds. The quantitative estimate of drug-likeness (QED) is 0.595. The summed E-state index contributed by atoms with van der Waals surface area (Å²) in [4.78, 5) is 17.4. The summed E-state index contributed by atoms with van der Waals surface area (Å²) in [5.41, 5.74) is 2.24. The van der Waals surface area contributed by atoms with Gasteiger partial charge in [0.1, 0.15) is 5.75 Å². The molecule has 0 aliphatic heterocycles. The second kappa shape index (κ2) is 8.72. The highest BCUT2D eigenvalue weighted by Crippen LogP contribution is 2.34. The predicted molar refractivity (Wildman–Crippen MR) is 112 cm³/mol. The van der Waals surface area contributed by atoms with Crippen molar-refractivity contribution in [3.63, 3.8) is 0 Å². The lowest BCUT2D eigenvalue weighted by atomic mass is 9.83. The molecule has 1 aromatic carbocycles. The summed E-state index contributed by atoms with van der Waals surface area (Å²) in [5.74, 6) is -0.257. The lowest BCUT2D eigenvalue weighted by molar-refractivity contribution is -0.274. The maximum Gasteiger partial charge on any atom is 0.573 e. The number of pyridine rings is 1. The molecule has 2 aromatic heterocycles. The third-order valence-electron chi connectivity index (χ3n) is 6.01. The minimum Gasteiger partial charge on any atom is -0.493 e. The van der Waals surface area contributed by atoms with E-state index < -0.39 is 17.8 Å². The van der Waals surface area contributed by atoms with E-state index in [4.69, 9.17) is 0 Å². The van der Waals surface area contributed by atoms with Crippen molar-refractivity contribution in [2.45, 2.75) is 57.9 Å². The van der Waals surface area contributed by atoms with E-state index in [1.165, 1.54) is 36.0 Å². The van der Waals surface area contributed by atoms with Gasteiger partial charge in [-0.1, -0.05) is 19.3 Å². The number of benzene rings is 1. The highest BCUT2D eigenvalue weighted by atomic mass is 19.4. The van der Waals surface area contributed by atoms with Gasteiger partial charge in [-0.25, -0.2) is 9.36 Å². The molecule has 0 radical (unpaired) electrons. The molecule has 2 heterocycles. The van der Waals surface area contributed by atoms with Gasteiger partial charge in [0, 0.05) is 12.4 Å². The van der Waals surface area contributed by atoms with Gasteiger partial charge in [0.25, 0.3) is 0 Å². The molecule has 0 unspecified atom stereocenters. The van der Waals surface area contributed by atoms with E-state index in [1.54, 1.807) is 13.1 Å². The van der Waals surface area contributed by atoms with Gasteiger partial charge in [-0.2, -0.15) is 0 Å². The van der Waals surface area contributed by atoms with Crippen LogP contribution in [0.15, 0.2) is 47.5 Å².